The van der Waals surface area contributed by atoms with Gasteiger partial charge in [-0.3, -0.25) is 9.59 Å². The van der Waals surface area contributed by atoms with E-state index in [0.29, 0.717) is 30.7 Å². The molecular formula is C14H18N4O3. The van der Waals surface area contributed by atoms with Gasteiger partial charge in [-0.25, -0.2) is 0 Å². The van der Waals surface area contributed by atoms with Gasteiger partial charge in [0.05, 0.1) is 24.0 Å². The normalized spacial score (nSPS) is 20.6. The first-order valence-corrected chi connectivity index (χ1v) is 6.92. The maximum Gasteiger partial charge on any atom is 0.257 e. The molecule has 1 aromatic carbocycles. The van der Waals surface area contributed by atoms with Gasteiger partial charge in [-0.2, -0.15) is 0 Å². The number of anilines is 2. The molecule has 0 aromatic heterocycles. The second kappa shape index (κ2) is 5.25. The monoisotopic (exact) mass is 290 g/mol. The van der Waals surface area contributed by atoms with Crippen LogP contribution in [0.2, 0.25) is 0 Å². The van der Waals surface area contributed by atoms with Crippen LogP contribution in [0.15, 0.2) is 12.1 Å². The number of methoxy groups -OCH3 is 1. The van der Waals surface area contributed by atoms with Crippen LogP contribution in [0.5, 0.6) is 5.75 Å². The largest absolute Gasteiger partial charge is 0.496 e. The minimum atomic E-state index is -0.108. The van der Waals surface area contributed by atoms with Crippen molar-refractivity contribution >= 4 is 23.1 Å². The second-order valence-corrected chi connectivity index (χ2v) is 5.31. The molecule has 21 heavy (non-hydrogen) atoms. The number of rotatable bonds is 2. The lowest BCUT2D eigenvalue weighted by molar-refractivity contribution is -0.122. The fraction of sp³-hybridized carbons (Fsp3) is 0.429. The van der Waals surface area contributed by atoms with Crippen molar-refractivity contribution in [2.75, 3.05) is 24.5 Å². The first kappa shape index (κ1) is 13.7. The molecule has 2 aliphatic rings. The second-order valence-electron chi connectivity index (χ2n) is 5.31. The van der Waals surface area contributed by atoms with Gasteiger partial charge in [0.15, 0.2) is 0 Å². The maximum atomic E-state index is 12.8. The Labute approximate surface area is 122 Å². The van der Waals surface area contributed by atoms with Crippen molar-refractivity contribution < 1.29 is 14.3 Å². The molecule has 1 unspecified atom stereocenters. The lowest BCUT2D eigenvalue weighted by Crippen LogP contribution is -2.44. The molecule has 3 N–H and O–H groups in total. The summed E-state index contributed by atoms with van der Waals surface area (Å²) in [4.78, 5) is 26.0. The first-order chi connectivity index (χ1) is 10.1. The van der Waals surface area contributed by atoms with Crippen molar-refractivity contribution in [2.45, 2.75) is 25.8 Å². The molecule has 3 rings (SSSR count). The molecular weight excluding hydrogens is 272 g/mol. The third-order valence-electron chi connectivity index (χ3n) is 3.91. The minimum absolute atomic E-state index is 0.0825. The zero-order valence-corrected chi connectivity index (χ0v) is 12.0. The summed E-state index contributed by atoms with van der Waals surface area (Å²) in [5, 5.41) is 0. The average Bonchev–Trinajstić information content (AvgIpc) is 2.92. The number of Topliss-reactive ketones (excluding diaryl/α,β-unsaturated/α-hetero) is 1. The molecule has 2 aliphatic heterocycles. The molecule has 1 atom stereocenters. The summed E-state index contributed by atoms with van der Waals surface area (Å²) in [6.07, 6.45) is 0.838. The summed E-state index contributed by atoms with van der Waals surface area (Å²) in [5.74, 6) is 0.617. The Hall–Kier alpha value is -2.28. The number of ketones is 1. The molecule has 2 heterocycles. The lowest BCUT2D eigenvalue weighted by atomic mass is 10.0. The molecule has 7 nitrogen and oxygen atoms in total. The number of carbonyl (C=O) groups is 2. The van der Waals surface area contributed by atoms with E-state index in [9.17, 15) is 9.59 Å². The van der Waals surface area contributed by atoms with Gasteiger partial charge in [0, 0.05) is 31.5 Å². The van der Waals surface area contributed by atoms with E-state index in [1.54, 1.807) is 17.0 Å². The number of hydrogen-bond acceptors (Lipinski definition) is 6. The highest BCUT2D eigenvalue weighted by molar-refractivity contribution is 6.00. The van der Waals surface area contributed by atoms with E-state index < -0.39 is 0 Å². The molecule has 0 bridgehead atoms. The molecule has 0 spiro atoms. The minimum Gasteiger partial charge on any atom is -0.496 e. The number of amides is 1. The molecule has 1 amide bonds. The maximum absolute atomic E-state index is 12.8. The number of ether oxygens (including phenoxy) is 1. The van der Waals surface area contributed by atoms with E-state index in [-0.39, 0.29) is 17.7 Å². The summed E-state index contributed by atoms with van der Waals surface area (Å²) >= 11 is 0. The highest BCUT2D eigenvalue weighted by Gasteiger charge is 2.30. The molecule has 0 radical (unpaired) electrons. The van der Waals surface area contributed by atoms with Crippen LogP contribution in [0.25, 0.3) is 0 Å². The number of nitrogens with one attached hydrogen (secondary N) is 3. The Bertz CT molecular complexity index is 602. The predicted octanol–water partition coefficient (Wildman–Crippen LogP) is 1.15. The highest BCUT2D eigenvalue weighted by Crippen LogP contribution is 2.34. The topological polar surface area (TPSA) is 82.7 Å². The zero-order chi connectivity index (χ0) is 15.0. The first-order valence-electron chi connectivity index (χ1n) is 6.92. The van der Waals surface area contributed by atoms with E-state index >= 15 is 0 Å². The number of hydrogen-bond donors (Lipinski definition) is 3. The fourth-order valence-electron chi connectivity index (χ4n) is 2.75. The van der Waals surface area contributed by atoms with E-state index in [1.165, 1.54) is 7.11 Å². The number of benzene rings is 1. The van der Waals surface area contributed by atoms with Crippen molar-refractivity contribution in [2.24, 2.45) is 0 Å². The van der Waals surface area contributed by atoms with Gasteiger partial charge in [-0.15, -0.1) is 5.53 Å². The number of fused-ring (bicyclic) bond motifs is 1. The van der Waals surface area contributed by atoms with Crippen LogP contribution in [-0.4, -0.2) is 36.3 Å². The van der Waals surface area contributed by atoms with E-state index in [1.807, 2.05) is 6.92 Å². The van der Waals surface area contributed by atoms with E-state index in [4.69, 9.17) is 4.74 Å². The predicted molar refractivity (Wildman–Crippen MR) is 78.1 cm³/mol. The Morgan fingerprint density at radius 2 is 2.05 bits per heavy atom. The fourth-order valence-corrected chi connectivity index (χ4v) is 2.75. The standard InChI is InChI=1S/C14H18N4O3/c1-8-5-9(19)3-4-18(8)14(20)10-6-11-12(16-17-15-11)7-13(10)21-2/h6-8,15-17H,3-5H2,1-2H3. The third-order valence-corrected chi connectivity index (χ3v) is 3.91. The number of nitrogens with zero attached hydrogens (tertiary/aromatic N) is 1. The van der Waals surface area contributed by atoms with E-state index in [2.05, 4.69) is 16.4 Å². The number of carbonyl (C=O) groups excluding carboxylic acids is 2. The molecule has 0 saturated carbocycles. The van der Waals surface area contributed by atoms with Crippen LogP contribution in [0.3, 0.4) is 0 Å². The molecule has 7 heteroatoms. The van der Waals surface area contributed by atoms with Gasteiger partial charge >= 0.3 is 0 Å². The molecule has 0 aliphatic carbocycles. The summed E-state index contributed by atoms with van der Waals surface area (Å²) < 4.78 is 5.33. The zero-order valence-electron chi connectivity index (χ0n) is 12.0. The third kappa shape index (κ3) is 2.40. The van der Waals surface area contributed by atoms with Crippen LogP contribution in [0.1, 0.15) is 30.1 Å². The summed E-state index contributed by atoms with van der Waals surface area (Å²) in [6, 6.07) is 3.45. The van der Waals surface area contributed by atoms with Crippen molar-refractivity contribution in [3.8, 4) is 5.75 Å². The van der Waals surface area contributed by atoms with Crippen molar-refractivity contribution in [3.63, 3.8) is 0 Å². The van der Waals surface area contributed by atoms with Crippen LogP contribution in [0, 0.1) is 0 Å². The van der Waals surface area contributed by atoms with Gasteiger partial charge in [0.25, 0.3) is 5.91 Å². The summed E-state index contributed by atoms with van der Waals surface area (Å²) in [6.45, 7) is 2.36. The number of likely N-dealkylation sites (tertiary alicyclic amines) is 1. The number of hydrazine groups is 2. The SMILES string of the molecule is COc1cc2c(cc1C(=O)N1CCC(=O)CC1C)NNN2. The Morgan fingerprint density at radius 3 is 2.71 bits per heavy atom. The quantitative estimate of drug-likeness (QED) is 0.758. The van der Waals surface area contributed by atoms with Crippen molar-refractivity contribution in [1.82, 2.24) is 10.4 Å². The molecule has 1 saturated heterocycles. The molecule has 112 valence electrons. The van der Waals surface area contributed by atoms with Crippen LogP contribution in [-0.2, 0) is 4.79 Å². The number of piperidine rings is 1. The van der Waals surface area contributed by atoms with Gasteiger partial charge in [-0.05, 0) is 13.0 Å². The van der Waals surface area contributed by atoms with Crippen LogP contribution in [0.4, 0.5) is 11.4 Å². The Morgan fingerprint density at radius 1 is 1.33 bits per heavy atom. The van der Waals surface area contributed by atoms with Gasteiger partial charge < -0.3 is 20.5 Å². The Kier molecular flexibility index (Phi) is 3.42. The van der Waals surface area contributed by atoms with Gasteiger partial charge in [0.2, 0.25) is 0 Å². The van der Waals surface area contributed by atoms with Crippen LogP contribution >= 0.6 is 0 Å². The van der Waals surface area contributed by atoms with Crippen molar-refractivity contribution in [3.05, 3.63) is 17.7 Å². The average molecular weight is 290 g/mol. The van der Waals surface area contributed by atoms with Gasteiger partial charge in [0.1, 0.15) is 11.5 Å². The highest BCUT2D eigenvalue weighted by atomic mass is 16.5. The smallest absolute Gasteiger partial charge is 0.257 e. The molecule has 1 aromatic rings. The van der Waals surface area contributed by atoms with Crippen molar-refractivity contribution in [1.29, 1.82) is 0 Å². The van der Waals surface area contributed by atoms with E-state index in [0.717, 1.165) is 11.4 Å². The Balaban J connectivity index is 1.92. The summed E-state index contributed by atoms with van der Waals surface area (Å²) in [7, 11) is 1.54. The van der Waals surface area contributed by atoms with Gasteiger partial charge in [-0.1, -0.05) is 0 Å². The molecule has 1 fully saturated rings. The lowest BCUT2D eigenvalue weighted by Gasteiger charge is -2.33. The van der Waals surface area contributed by atoms with Crippen LogP contribution < -0.4 is 21.1 Å². The summed E-state index contributed by atoms with van der Waals surface area (Å²) in [5.41, 5.74) is 10.7.